The summed E-state index contributed by atoms with van der Waals surface area (Å²) < 4.78 is 13.0. The fourth-order valence-corrected chi connectivity index (χ4v) is 4.17. The first-order chi connectivity index (χ1) is 12.5. The Bertz CT molecular complexity index is 724. The van der Waals surface area contributed by atoms with E-state index in [9.17, 15) is 9.50 Å². The molecule has 3 rings (SSSR count). The molecule has 1 saturated heterocycles. The molecule has 3 nitrogen and oxygen atoms in total. The molecule has 0 spiro atoms. The van der Waals surface area contributed by atoms with Crippen molar-refractivity contribution in [1.29, 1.82) is 0 Å². The van der Waals surface area contributed by atoms with Gasteiger partial charge in [0.25, 0.3) is 0 Å². The number of rotatable bonds is 6. The Morgan fingerprint density at radius 1 is 1.00 bits per heavy atom. The van der Waals surface area contributed by atoms with E-state index in [0.717, 1.165) is 36.8 Å². The summed E-state index contributed by atoms with van der Waals surface area (Å²) in [6.45, 7) is 4.15. The minimum atomic E-state index is -0.410. The molecule has 1 N–H and O–H groups in total. The summed E-state index contributed by atoms with van der Waals surface area (Å²) in [4.78, 5) is 5.51. The molecule has 0 aliphatic carbocycles. The number of halogens is 3. The third-order valence-corrected chi connectivity index (χ3v) is 6.24. The van der Waals surface area contributed by atoms with E-state index in [-0.39, 0.29) is 5.82 Å². The van der Waals surface area contributed by atoms with Gasteiger partial charge in [-0.15, -0.1) is 11.8 Å². The lowest BCUT2D eigenvalue weighted by molar-refractivity contribution is 0.126. The predicted octanol–water partition coefficient (Wildman–Crippen LogP) is 4.41. The van der Waals surface area contributed by atoms with Crippen molar-refractivity contribution in [2.75, 3.05) is 43.4 Å². The van der Waals surface area contributed by atoms with Crippen LogP contribution in [-0.2, 0) is 0 Å². The number of anilines is 1. The Morgan fingerprint density at radius 2 is 1.69 bits per heavy atom. The van der Waals surface area contributed by atoms with Crippen LogP contribution in [0.4, 0.5) is 10.1 Å². The third kappa shape index (κ3) is 5.51. The zero-order valence-electron chi connectivity index (χ0n) is 14.2. The Morgan fingerprint density at radius 3 is 2.35 bits per heavy atom. The van der Waals surface area contributed by atoms with E-state index < -0.39 is 6.10 Å². The second-order valence-corrected chi connectivity index (χ2v) is 8.21. The van der Waals surface area contributed by atoms with E-state index in [0.29, 0.717) is 22.3 Å². The molecule has 1 fully saturated rings. The van der Waals surface area contributed by atoms with E-state index in [2.05, 4.69) is 9.80 Å². The molecule has 2 aromatic carbocycles. The molecule has 0 unspecified atom stereocenters. The largest absolute Gasteiger partial charge is 0.391 e. The Hall–Kier alpha value is -0.980. The van der Waals surface area contributed by atoms with Gasteiger partial charge in [-0.05, 0) is 42.5 Å². The van der Waals surface area contributed by atoms with Gasteiger partial charge in [0.2, 0.25) is 0 Å². The summed E-state index contributed by atoms with van der Waals surface area (Å²) in [5.74, 6) is 0.394. The zero-order chi connectivity index (χ0) is 18.5. The first-order valence-electron chi connectivity index (χ1n) is 8.50. The van der Waals surface area contributed by atoms with Crippen LogP contribution in [0.3, 0.4) is 0 Å². The van der Waals surface area contributed by atoms with E-state index in [4.69, 9.17) is 23.2 Å². The van der Waals surface area contributed by atoms with Gasteiger partial charge in [0.1, 0.15) is 5.82 Å². The van der Waals surface area contributed by atoms with Gasteiger partial charge in [0, 0.05) is 49.1 Å². The second-order valence-electron chi connectivity index (χ2n) is 6.30. The summed E-state index contributed by atoms with van der Waals surface area (Å²) in [7, 11) is 0. The van der Waals surface area contributed by atoms with Crippen molar-refractivity contribution in [3.8, 4) is 0 Å². The van der Waals surface area contributed by atoms with Crippen molar-refractivity contribution in [2.45, 2.75) is 11.0 Å². The SMILES string of the molecule is O[C@H](CSc1ccc(Cl)c(Cl)c1)CN1CCN(c2ccc(F)cc2)CC1. The molecular formula is C19H21Cl2FN2OS. The molecular weight excluding hydrogens is 394 g/mol. The van der Waals surface area contributed by atoms with Crippen LogP contribution in [0.1, 0.15) is 0 Å². The molecule has 1 heterocycles. The van der Waals surface area contributed by atoms with Gasteiger partial charge in [0.15, 0.2) is 0 Å². The number of aliphatic hydroxyl groups is 1. The maximum atomic E-state index is 13.0. The Labute approximate surface area is 167 Å². The van der Waals surface area contributed by atoms with Crippen LogP contribution >= 0.6 is 35.0 Å². The number of hydrogen-bond donors (Lipinski definition) is 1. The second kappa shape index (κ2) is 9.29. The van der Waals surface area contributed by atoms with Crippen molar-refractivity contribution < 1.29 is 9.50 Å². The van der Waals surface area contributed by atoms with Gasteiger partial charge in [-0.3, -0.25) is 4.90 Å². The average molecular weight is 415 g/mol. The van der Waals surface area contributed by atoms with Crippen LogP contribution in [0.25, 0.3) is 0 Å². The number of benzene rings is 2. The first-order valence-corrected chi connectivity index (χ1v) is 10.2. The monoisotopic (exact) mass is 414 g/mol. The fourth-order valence-electron chi connectivity index (χ4n) is 2.95. The summed E-state index contributed by atoms with van der Waals surface area (Å²) in [6.07, 6.45) is -0.410. The van der Waals surface area contributed by atoms with Crippen LogP contribution < -0.4 is 4.90 Å². The van der Waals surface area contributed by atoms with Crippen LogP contribution in [0, 0.1) is 5.82 Å². The van der Waals surface area contributed by atoms with Crippen LogP contribution in [0.2, 0.25) is 10.0 Å². The van der Waals surface area contributed by atoms with Gasteiger partial charge in [-0.25, -0.2) is 4.39 Å². The highest BCUT2D eigenvalue weighted by Crippen LogP contribution is 2.28. The highest BCUT2D eigenvalue weighted by Gasteiger charge is 2.19. The van der Waals surface area contributed by atoms with Gasteiger partial charge in [-0.2, -0.15) is 0 Å². The van der Waals surface area contributed by atoms with Gasteiger partial charge in [0.05, 0.1) is 16.1 Å². The summed E-state index contributed by atoms with van der Waals surface area (Å²) in [6, 6.07) is 12.1. The summed E-state index contributed by atoms with van der Waals surface area (Å²) in [5, 5.41) is 11.4. The number of aliphatic hydroxyl groups excluding tert-OH is 1. The summed E-state index contributed by atoms with van der Waals surface area (Å²) in [5.41, 5.74) is 1.04. The van der Waals surface area contributed by atoms with Crippen molar-refractivity contribution in [2.24, 2.45) is 0 Å². The molecule has 140 valence electrons. The van der Waals surface area contributed by atoms with Gasteiger partial charge >= 0.3 is 0 Å². The minimum Gasteiger partial charge on any atom is -0.391 e. The molecule has 0 bridgehead atoms. The van der Waals surface area contributed by atoms with Crippen molar-refractivity contribution in [1.82, 2.24) is 4.90 Å². The topological polar surface area (TPSA) is 26.7 Å². The normalized spacial score (nSPS) is 16.7. The maximum Gasteiger partial charge on any atom is 0.123 e. The van der Waals surface area contributed by atoms with E-state index >= 15 is 0 Å². The molecule has 1 aliphatic rings. The van der Waals surface area contributed by atoms with Crippen molar-refractivity contribution in [3.05, 3.63) is 58.3 Å². The lowest BCUT2D eigenvalue weighted by atomic mass is 10.2. The molecule has 0 aromatic heterocycles. The Kier molecular flexibility index (Phi) is 7.06. The highest BCUT2D eigenvalue weighted by atomic mass is 35.5. The molecule has 1 aliphatic heterocycles. The van der Waals surface area contributed by atoms with E-state index in [1.165, 1.54) is 12.1 Å². The number of nitrogens with zero attached hydrogens (tertiary/aromatic N) is 2. The molecule has 0 radical (unpaired) electrons. The standard InChI is InChI=1S/C19H21Cl2FN2OS/c20-18-6-5-17(11-19(18)21)26-13-16(25)12-23-7-9-24(10-8-23)15-3-1-14(22)2-4-15/h1-6,11,16,25H,7-10,12-13H2/t16-/m0/s1. The third-order valence-electron chi connectivity index (χ3n) is 4.37. The van der Waals surface area contributed by atoms with Crippen LogP contribution in [0.15, 0.2) is 47.4 Å². The smallest absolute Gasteiger partial charge is 0.123 e. The maximum absolute atomic E-state index is 13.0. The number of hydrogen-bond acceptors (Lipinski definition) is 4. The number of β-amino-alcohol motifs (C(OH)–C–C–N with tert-alkyl or cyclic N) is 1. The molecule has 2 aromatic rings. The molecule has 0 amide bonds. The fraction of sp³-hybridized carbons (Fsp3) is 0.368. The predicted molar refractivity (Wildman–Crippen MR) is 108 cm³/mol. The van der Waals surface area contributed by atoms with E-state index in [1.807, 2.05) is 24.3 Å². The first kappa shape index (κ1) is 19.8. The lowest BCUT2D eigenvalue weighted by Crippen LogP contribution is -2.48. The van der Waals surface area contributed by atoms with Gasteiger partial charge < -0.3 is 10.0 Å². The van der Waals surface area contributed by atoms with Crippen LogP contribution in [0.5, 0.6) is 0 Å². The molecule has 0 saturated carbocycles. The van der Waals surface area contributed by atoms with Crippen LogP contribution in [-0.4, -0.2) is 54.6 Å². The minimum absolute atomic E-state index is 0.213. The summed E-state index contributed by atoms with van der Waals surface area (Å²) >= 11 is 13.5. The quantitative estimate of drug-likeness (QED) is 0.708. The van der Waals surface area contributed by atoms with E-state index in [1.54, 1.807) is 17.8 Å². The van der Waals surface area contributed by atoms with Gasteiger partial charge in [-0.1, -0.05) is 23.2 Å². The number of thioether (sulfide) groups is 1. The van der Waals surface area contributed by atoms with Crippen molar-refractivity contribution >= 4 is 40.7 Å². The highest BCUT2D eigenvalue weighted by molar-refractivity contribution is 7.99. The van der Waals surface area contributed by atoms with Crippen molar-refractivity contribution in [3.63, 3.8) is 0 Å². The zero-order valence-corrected chi connectivity index (χ0v) is 16.6. The Balaban J connectivity index is 1.42. The number of piperazine rings is 1. The molecule has 26 heavy (non-hydrogen) atoms. The average Bonchev–Trinajstić information content (AvgIpc) is 2.64. The molecule has 7 heteroatoms. The molecule has 1 atom stereocenters. The lowest BCUT2D eigenvalue weighted by Gasteiger charge is -2.36.